The summed E-state index contributed by atoms with van der Waals surface area (Å²) in [5.41, 5.74) is 5.22. The van der Waals surface area contributed by atoms with Crippen molar-refractivity contribution in [1.82, 2.24) is 0 Å². The van der Waals surface area contributed by atoms with Crippen molar-refractivity contribution < 1.29 is 9.73 Å². The highest BCUT2D eigenvalue weighted by Gasteiger charge is 2.19. The minimum atomic E-state index is -0.283. The first-order chi connectivity index (χ1) is 14.2. The van der Waals surface area contributed by atoms with E-state index in [0.29, 0.717) is 12.1 Å². The molecule has 29 heavy (non-hydrogen) atoms. The summed E-state index contributed by atoms with van der Waals surface area (Å²) in [5.74, 6) is 0. The second-order valence-corrected chi connectivity index (χ2v) is 8.28. The van der Waals surface area contributed by atoms with Crippen molar-refractivity contribution in [2.75, 3.05) is 0 Å². The maximum absolute atomic E-state index is 12.1. The summed E-state index contributed by atoms with van der Waals surface area (Å²) in [4.78, 5) is 13.5. The number of quaternary nitrogens is 1. The summed E-state index contributed by atoms with van der Waals surface area (Å²) in [7, 11) is 0. The van der Waals surface area contributed by atoms with Crippen LogP contribution in [0.25, 0.3) is 11.0 Å². The van der Waals surface area contributed by atoms with Crippen LogP contribution in [-0.2, 0) is 19.4 Å². The average Bonchev–Trinajstić information content (AvgIpc) is 3.28. The fraction of sp³-hybridized carbons (Fsp3) is 0.240. The quantitative estimate of drug-likeness (QED) is 0.448. The van der Waals surface area contributed by atoms with Crippen molar-refractivity contribution in [2.45, 2.75) is 39.3 Å². The van der Waals surface area contributed by atoms with Gasteiger partial charge < -0.3 is 9.73 Å². The molecule has 0 aliphatic rings. The lowest BCUT2D eigenvalue weighted by molar-refractivity contribution is -0.701. The van der Waals surface area contributed by atoms with Crippen LogP contribution in [-0.4, -0.2) is 0 Å². The van der Waals surface area contributed by atoms with Crippen LogP contribution in [0, 0.1) is 0 Å². The van der Waals surface area contributed by atoms with Gasteiger partial charge in [0.1, 0.15) is 18.2 Å². The van der Waals surface area contributed by atoms with Crippen LogP contribution in [0.2, 0.25) is 0 Å². The third kappa shape index (κ3) is 4.34. The number of hydrogen-bond donors (Lipinski definition) is 1. The number of nitrogens with two attached hydrogens (primary N) is 1. The van der Waals surface area contributed by atoms with Gasteiger partial charge in [0.05, 0.1) is 4.88 Å². The zero-order valence-electron chi connectivity index (χ0n) is 16.9. The minimum Gasteiger partial charge on any atom is -0.423 e. The Kier molecular flexibility index (Phi) is 5.93. The summed E-state index contributed by atoms with van der Waals surface area (Å²) in [5, 5.41) is 5.45. The summed E-state index contributed by atoms with van der Waals surface area (Å²) in [6.07, 6.45) is 1.96. The molecule has 0 aliphatic heterocycles. The molecule has 3 nitrogen and oxygen atoms in total. The van der Waals surface area contributed by atoms with E-state index in [1.54, 1.807) is 17.4 Å². The van der Waals surface area contributed by atoms with Crippen molar-refractivity contribution in [3.05, 3.63) is 104 Å². The number of rotatable bonds is 7. The zero-order valence-corrected chi connectivity index (χ0v) is 17.7. The van der Waals surface area contributed by atoms with Crippen LogP contribution >= 0.6 is 11.3 Å². The molecule has 4 rings (SSSR count). The SMILES string of the molecule is CCc1ccc([C@@H]([NH2+]Cc2cc(=O)oc3cc(CC)ccc23)c2cccs2)cc1. The molecule has 4 aromatic rings. The van der Waals surface area contributed by atoms with E-state index in [9.17, 15) is 4.79 Å². The largest absolute Gasteiger partial charge is 0.423 e. The Morgan fingerprint density at radius 2 is 1.72 bits per heavy atom. The van der Waals surface area contributed by atoms with E-state index < -0.39 is 0 Å². The molecule has 148 valence electrons. The second-order valence-electron chi connectivity index (χ2n) is 7.30. The lowest BCUT2D eigenvalue weighted by Gasteiger charge is -2.16. The molecule has 0 bridgehead atoms. The summed E-state index contributed by atoms with van der Waals surface area (Å²) < 4.78 is 5.47. The predicted molar refractivity (Wildman–Crippen MR) is 119 cm³/mol. The first-order valence-electron chi connectivity index (χ1n) is 10.2. The molecule has 0 fully saturated rings. The van der Waals surface area contributed by atoms with Crippen molar-refractivity contribution in [2.24, 2.45) is 0 Å². The van der Waals surface area contributed by atoms with Gasteiger partial charge in [-0.1, -0.05) is 56.3 Å². The number of fused-ring (bicyclic) bond motifs is 1. The molecular weight excluding hydrogens is 378 g/mol. The lowest BCUT2D eigenvalue weighted by Crippen LogP contribution is -2.83. The fourth-order valence-corrected chi connectivity index (χ4v) is 4.60. The molecule has 0 radical (unpaired) electrons. The standard InChI is InChI=1S/C25H25NO2S/c1-3-17-7-10-19(11-8-17)25(23-6-5-13-29-23)26-16-20-15-24(27)28-22-14-18(4-2)9-12-21(20)22/h5-15,25-26H,3-4,16H2,1-2H3/p+1/t25-/m1/s1. The van der Waals surface area contributed by atoms with Gasteiger partial charge >= 0.3 is 5.63 Å². The molecule has 4 heteroatoms. The number of aryl methyl sites for hydroxylation is 2. The smallest absolute Gasteiger partial charge is 0.336 e. The Labute approximate surface area is 175 Å². The zero-order chi connectivity index (χ0) is 20.2. The van der Waals surface area contributed by atoms with Gasteiger partial charge in [0.25, 0.3) is 0 Å². The fourth-order valence-electron chi connectivity index (χ4n) is 3.75. The Morgan fingerprint density at radius 1 is 0.966 bits per heavy atom. The number of hydrogen-bond acceptors (Lipinski definition) is 3. The highest BCUT2D eigenvalue weighted by Crippen LogP contribution is 2.24. The molecule has 0 aliphatic carbocycles. The minimum absolute atomic E-state index is 0.207. The molecule has 2 aromatic heterocycles. The van der Waals surface area contributed by atoms with Crippen LogP contribution in [0.5, 0.6) is 0 Å². The van der Waals surface area contributed by atoms with Gasteiger partial charge in [-0.15, -0.1) is 11.3 Å². The molecule has 1 atom stereocenters. The van der Waals surface area contributed by atoms with Crippen LogP contribution in [0.1, 0.15) is 47.0 Å². The van der Waals surface area contributed by atoms with Gasteiger partial charge in [-0.2, -0.15) is 0 Å². The van der Waals surface area contributed by atoms with Crippen LogP contribution in [0.15, 0.2) is 75.3 Å². The predicted octanol–water partition coefficient (Wildman–Crippen LogP) is 4.83. The molecule has 2 heterocycles. The monoisotopic (exact) mass is 404 g/mol. The van der Waals surface area contributed by atoms with E-state index in [0.717, 1.165) is 23.8 Å². The highest BCUT2D eigenvalue weighted by molar-refractivity contribution is 7.10. The topological polar surface area (TPSA) is 46.8 Å². The maximum atomic E-state index is 12.1. The summed E-state index contributed by atoms with van der Waals surface area (Å²) >= 11 is 1.77. The van der Waals surface area contributed by atoms with Crippen LogP contribution in [0.3, 0.4) is 0 Å². The highest BCUT2D eigenvalue weighted by atomic mass is 32.1. The van der Waals surface area contributed by atoms with Gasteiger partial charge in [0.2, 0.25) is 0 Å². The average molecular weight is 405 g/mol. The molecule has 0 saturated heterocycles. The molecule has 0 saturated carbocycles. The van der Waals surface area contributed by atoms with Gasteiger partial charge in [0, 0.05) is 22.6 Å². The molecule has 0 unspecified atom stereocenters. The third-order valence-corrected chi connectivity index (χ3v) is 6.43. The van der Waals surface area contributed by atoms with Crippen molar-refractivity contribution in [1.29, 1.82) is 0 Å². The molecule has 2 aromatic carbocycles. The van der Waals surface area contributed by atoms with Crippen molar-refractivity contribution in [3.8, 4) is 0 Å². The number of benzene rings is 2. The van der Waals surface area contributed by atoms with Gasteiger partial charge in [-0.3, -0.25) is 0 Å². The third-order valence-electron chi connectivity index (χ3n) is 5.47. The normalized spacial score (nSPS) is 12.3. The first kappa shape index (κ1) is 19.6. The van der Waals surface area contributed by atoms with E-state index in [2.05, 4.69) is 73.1 Å². The first-order valence-corrected chi connectivity index (χ1v) is 11.1. The molecule has 2 N–H and O–H groups in total. The Bertz CT molecular complexity index is 1140. The Balaban J connectivity index is 1.66. The molecule has 0 spiro atoms. The van der Waals surface area contributed by atoms with Crippen molar-refractivity contribution >= 4 is 22.3 Å². The van der Waals surface area contributed by atoms with Crippen LogP contribution in [0.4, 0.5) is 0 Å². The van der Waals surface area contributed by atoms with Gasteiger partial charge in [-0.05, 0) is 41.5 Å². The van der Waals surface area contributed by atoms with E-state index in [1.807, 2.05) is 6.07 Å². The van der Waals surface area contributed by atoms with E-state index in [-0.39, 0.29) is 11.7 Å². The van der Waals surface area contributed by atoms with E-state index in [4.69, 9.17) is 4.42 Å². The summed E-state index contributed by atoms with van der Waals surface area (Å²) in [6, 6.07) is 21.2. The summed E-state index contributed by atoms with van der Waals surface area (Å²) in [6.45, 7) is 4.99. The second kappa shape index (κ2) is 8.76. The van der Waals surface area contributed by atoms with Gasteiger partial charge in [-0.25, -0.2) is 4.79 Å². The number of thiophene rings is 1. The Morgan fingerprint density at radius 3 is 2.41 bits per heavy atom. The van der Waals surface area contributed by atoms with Crippen LogP contribution < -0.4 is 10.9 Å². The Hall–Kier alpha value is -2.69. The lowest BCUT2D eigenvalue weighted by atomic mass is 10.0. The molecular formula is C25H26NO2S+. The van der Waals surface area contributed by atoms with E-state index >= 15 is 0 Å². The molecule has 0 amide bonds. The van der Waals surface area contributed by atoms with Gasteiger partial charge in [0.15, 0.2) is 0 Å². The maximum Gasteiger partial charge on any atom is 0.336 e. The van der Waals surface area contributed by atoms with E-state index in [1.165, 1.54) is 21.6 Å². The van der Waals surface area contributed by atoms with Crippen molar-refractivity contribution in [3.63, 3.8) is 0 Å².